The molecule has 0 spiro atoms. The van der Waals surface area contributed by atoms with Crippen LogP contribution in [0.1, 0.15) is 82.6 Å². The van der Waals surface area contributed by atoms with Gasteiger partial charge in [-0.05, 0) is 103 Å². The summed E-state index contributed by atoms with van der Waals surface area (Å²) in [5.41, 5.74) is 9.42. The molecule has 144 valence electrons. The highest BCUT2D eigenvalue weighted by Gasteiger charge is 2.33. The summed E-state index contributed by atoms with van der Waals surface area (Å²) in [4.78, 5) is 0. The van der Waals surface area contributed by atoms with Gasteiger partial charge >= 0.3 is 0 Å². The van der Waals surface area contributed by atoms with E-state index in [0.29, 0.717) is 5.41 Å². The Bertz CT molecular complexity index is 857. The molecule has 0 heterocycles. The van der Waals surface area contributed by atoms with Crippen molar-refractivity contribution in [3.8, 4) is 16.9 Å². The first-order chi connectivity index (χ1) is 12.8. The molecule has 0 aromatic heterocycles. The summed E-state index contributed by atoms with van der Waals surface area (Å²) in [7, 11) is 0. The normalized spacial score (nSPS) is 17.2. The number of hydrogen-bond acceptors (Lipinski definition) is 1. The average molecular weight is 363 g/mol. The van der Waals surface area contributed by atoms with Crippen LogP contribution in [0.25, 0.3) is 11.1 Å². The quantitative estimate of drug-likeness (QED) is 0.555. The zero-order chi connectivity index (χ0) is 19.2. The van der Waals surface area contributed by atoms with Crippen molar-refractivity contribution in [1.82, 2.24) is 0 Å². The summed E-state index contributed by atoms with van der Waals surface area (Å²) in [5, 5.41) is 0. The Morgan fingerprint density at radius 3 is 2.52 bits per heavy atom. The second-order valence-electron chi connectivity index (χ2n) is 9.79. The molecule has 2 aromatic rings. The minimum absolute atomic E-state index is 0.0940. The number of unbranched alkanes of at least 4 members (excludes halogenated alkanes) is 1. The molecule has 0 saturated heterocycles. The molecule has 0 fully saturated rings. The molecule has 0 unspecified atom stereocenters. The van der Waals surface area contributed by atoms with Crippen molar-refractivity contribution in [3.63, 3.8) is 0 Å². The maximum absolute atomic E-state index is 6.36. The van der Waals surface area contributed by atoms with Crippen LogP contribution in [0.15, 0.2) is 30.3 Å². The predicted octanol–water partition coefficient (Wildman–Crippen LogP) is 7.02. The van der Waals surface area contributed by atoms with Gasteiger partial charge in [0.25, 0.3) is 0 Å². The molecular weight excluding hydrogens is 328 g/mol. The highest BCUT2D eigenvalue weighted by atomic mass is 16.5. The Morgan fingerprint density at radius 1 is 0.963 bits per heavy atom. The van der Waals surface area contributed by atoms with E-state index in [1.165, 1.54) is 48.8 Å². The number of benzene rings is 2. The summed E-state index contributed by atoms with van der Waals surface area (Å²) in [6.07, 6.45) is 8.36. The van der Waals surface area contributed by atoms with Crippen LogP contribution in [-0.2, 0) is 24.7 Å². The van der Waals surface area contributed by atoms with Crippen molar-refractivity contribution < 1.29 is 4.74 Å². The largest absolute Gasteiger partial charge is 0.488 e. The maximum Gasteiger partial charge on any atom is 0.120 e. The van der Waals surface area contributed by atoms with Crippen LogP contribution >= 0.6 is 0 Å². The minimum atomic E-state index is -0.0940. The molecule has 0 saturated carbocycles. The van der Waals surface area contributed by atoms with Crippen molar-refractivity contribution in [1.29, 1.82) is 0 Å². The lowest BCUT2D eigenvalue weighted by Gasteiger charge is -2.28. The van der Waals surface area contributed by atoms with Crippen molar-refractivity contribution in [3.05, 3.63) is 52.6 Å². The third kappa shape index (κ3) is 3.42. The van der Waals surface area contributed by atoms with Gasteiger partial charge in [0.1, 0.15) is 11.4 Å². The van der Waals surface area contributed by atoms with Crippen LogP contribution in [0.5, 0.6) is 5.75 Å². The number of ether oxygens (including phenoxy) is 1. The fraction of sp³-hybridized carbons (Fsp3) is 0.538. The van der Waals surface area contributed by atoms with E-state index in [1.54, 1.807) is 16.7 Å². The molecule has 0 atom stereocenters. The molecule has 0 aliphatic heterocycles. The highest BCUT2D eigenvalue weighted by molar-refractivity contribution is 5.76. The molecule has 0 amide bonds. The van der Waals surface area contributed by atoms with Crippen LogP contribution in [0.3, 0.4) is 0 Å². The van der Waals surface area contributed by atoms with E-state index < -0.39 is 0 Å². The van der Waals surface area contributed by atoms with Crippen molar-refractivity contribution in [2.45, 2.75) is 90.6 Å². The van der Waals surface area contributed by atoms with Crippen LogP contribution in [0.4, 0.5) is 0 Å². The van der Waals surface area contributed by atoms with E-state index in [2.05, 4.69) is 65.0 Å². The van der Waals surface area contributed by atoms with Gasteiger partial charge in [0.05, 0.1) is 0 Å². The summed E-state index contributed by atoms with van der Waals surface area (Å²) < 4.78 is 6.36. The highest BCUT2D eigenvalue weighted by Crippen LogP contribution is 2.45. The van der Waals surface area contributed by atoms with Gasteiger partial charge in [0.15, 0.2) is 0 Å². The first-order valence-corrected chi connectivity index (χ1v) is 10.8. The lowest BCUT2D eigenvalue weighted by Crippen LogP contribution is -2.28. The lowest BCUT2D eigenvalue weighted by molar-refractivity contribution is 0.0967. The van der Waals surface area contributed by atoms with Crippen molar-refractivity contribution >= 4 is 0 Å². The molecule has 1 nitrogen and oxygen atoms in total. The molecule has 4 rings (SSSR count). The topological polar surface area (TPSA) is 9.23 Å². The van der Waals surface area contributed by atoms with Gasteiger partial charge < -0.3 is 4.74 Å². The molecule has 2 aromatic carbocycles. The lowest BCUT2D eigenvalue weighted by atomic mass is 9.79. The van der Waals surface area contributed by atoms with Gasteiger partial charge in [-0.25, -0.2) is 0 Å². The van der Waals surface area contributed by atoms with E-state index in [9.17, 15) is 0 Å². The standard InChI is InChI=1S/C26H34O/c1-6-7-15-26(4,5)27-19-9-11-20-18(17-19)8-10-22-21(20)12-13-24-23(22)14-16-25(24,2)3/h9,11-13,17H,6-8,10,14-16H2,1-5H3. The minimum Gasteiger partial charge on any atom is -0.488 e. The van der Waals surface area contributed by atoms with Gasteiger partial charge in [-0.1, -0.05) is 45.4 Å². The molecule has 0 bridgehead atoms. The number of hydrogen-bond donors (Lipinski definition) is 0. The summed E-state index contributed by atoms with van der Waals surface area (Å²) in [6, 6.07) is 11.5. The van der Waals surface area contributed by atoms with Gasteiger partial charge in [0, 0.05) is 0 Å². The monoisotopic (exact) mass is 362 g/mol. The van der Waals surface area contributed by atoms with Crippen LogP contribution < -0.4 is 4.74 Å². The predicted molar refractivity (Wildman–Crippen MR) is 115 cm³/mol. The summed E-state index contributed by atoms with van der Waals surface area (Å²) >= 11 is 0. The summed E-state index contributed by atoms with van der Waals surface area (Å²) in [5.74, 6) is 1.03. The number of fused-ring (bicyclic) bond motifs is 5. The number of rotatable bonds is 5. The first-order valence-electron chi connectivity index (χ1n) is 10.8. The van der Waals surface area contributed by atoms with Crippen molar-refractivity contribution in [2.24, 2.45) is 0 Å². The van der Waals surface area contributed by atoms with Gasteiger partial charge in [0.2, 0.25) is 0 Å². The van der Waals surface area contributed by atoms with E-state index in [-0.39, 0.29) is 5.60 Å². The van der Waals surface area contributed by atoms with E-state index >= 15 is 0 Å². The van der Waals surface area contributed by atoms with Crippen molar-refractivity contribution in [2.75, 3.05) is 0 Å². The SMILES string of the molecule is CCCCC(C)(C)Oc1ccc2c(c1)CCc1c-2ccc2c1CCC2(C)C. The van der Waals surface area contributed by atoms with Gasteiger partial charge in [-0.15, -0.1) is 0 Å². The molecule has 1 heteroatoms. The first kappa shape index (κ1) is 18.6. The van der Waals surface area contributed by atoms with E-state index in [1.807, 2.05) is 0 Å². The molecule has 0 radical (unpaired) electrons. The van der Waals surface area contributed by atoms with E-state index in [0.717, 1.165) is 18.6 Å². The molecule has 2 aliphatic rings. The molecule has 2 aliphatic carbocycles. The van der Waals surface area contributed by atoms with Crippen LogP contribution in [0, 0.1) is 0 Å². The Labute approximate surface area is 165 Å². The summed E-state index contributed by atoms with van der Waals surface area (Å²) in [6.45, 7) is 11.5. The Kier molecular flexibility index (Phi) is 4.61. The van der Waals surface area contributed by atoms with Crippen LogP contribution in [-0.4, -0.2) is 5.60 Å². The Balaban J connectivity index is 1.65. The van der Waals surface area contributed by atoms with Crippen LogP contribution in [0.2, 0.25) is 0 Å². The fourth-order valence-electron chi connectivity index (χ4n) is 5.06. The zero-order valence-electron chi connectivity index (χ0n) is 17.7. The van der Waals surface area contributed by atoms with Gasteiger partial charge in [-0.3, -0.25) is 0 Å². The van der Waals surface area contributed by atoms with Gasteiger partial charge in [-0.2, -0.15) is 0 Å². The smallest absolute Gasteiger partial charge is 0.120 e. The average Bonchev–Trinajstić information content (AvgIpc) is 2.94. The maximum atomic E-state index is 6.36. The number of aryl methyl sites for hydroxylation is 1. The zero-order valence-corrected chi connectivity index (χ0v) is 17.7. The third-order valence-corrected chi connectivity index (χ3v) is 6.70. The molecular formula is C26H34O. The third-order valence-electron chi connectivity index (χ3n) is 6.70. The second-order valence-corrected chi connectivity index (χ2v) is 9.79. The fourth-order valence-corrected chi connectivity index (χ4v) is 5.06. The Morgan fingerprint density at radius 2 is 1.74 bits per heavy atom. The van der Waals surface area contributed by atoms with E-state index in [4.69, 9.17) is 4.74 Å². The molecule has 27 heavy (non-hydrogen) atoms. The molecule has 0 N–H and O–H groups in total. The Hall–Kier alpha value is -1.76. The second kappa shape index (κ2) is 6.69.